The average Bonchev–Trinajstić information content (AvgIpc) is 2.46. The van der Waals surface area contributed by atoms with Crippen molar-refractivity contribution in [3.8, 4) is 0 Å². The zero-order valence-electron chi connectivity index (χ0n) is 10.6. The lowest BCUT2D eigenvalue weighted by Crippen LogP contribution is -2.24. The van der Waals surface area contributed by atoms with Crippen LogP contribution in [0.2, 0.25) is 0 Å². The highest BCUT2D eigenvalue weighted by Gasteiger charge is 2.08. The fourth-order valence-corrected chi connectivity index (χ4v) is 1.93. The second-order valence-electron chi connectivity index (χ2n) is 4.07. The van der Waals surface area contributed by atoms with Crippen LogP contribution in [-0.2, 0) is 13.1 Å². The molecule has 2 N–H and O–H groups in total. The van der Waals surface area contributed by atoms with E-state index in [1.807, 2.05) is 24.3 Å². The average molecular weight is 242 g/mol. The first-order valence-electron chi connectivity index (χ1n) is 6.14. The largest absolute Gasteiger partial charge is 0.351 e. The number of anilines is 1. The second kappa shape index (κ2) is 6.12. The van der Waals surface area contributed by atoms with Gasteiger partial charge in [-0.15, -0.1) is 5.10 Å². The Morgan fingerprint density at radius 2 is 1.89 bits per heavy atom. The van der Waals surface area contributed by atoms with Gasteiger partial charge in [0.2, 0.25) is 0 Å². The van der Waals surface area contributed by atoms with Gasteiger partial charge in [0.05, 0.1) is 0 Å². The van der Waals surface area contributed by atoms with Crippen LogP contribution in [-0.4, -0.2) is 16.7 Å². The molecule has 1 aromatic carbocycles. The van der Waals surface area contributed by atoms with Crippen molar-refractivity contribution < 1.29 is 0 Å². The maximum absolute atomic E-state index is 5.76. The Morgan fingerprint density at radius 1 is 1.11 bits per heavy atom. The first-order chi connectivity index (χ1) is 8.85. The number of nitrogens with zero attached hydrogens (tertiary/aromatic N) is 3. The number of rotatable bonds is 5. The monoisotopic (exact) mass is 242 g/mol. The maximum Gasteiger partial charge on any atom is 0.151 e. The molecule has 0 saturated carbocycles. The third-order valence-corrected chi connectivity index (χ3v) is 2.96. The maximum atomic E-state index is 5.76. The molecular formula is C14H18N4. The van der Waals surface area contributed by atoms with Gasteiger partial charge < -0.3 is 10.6 Å². The normalized spacial score (nSPS) is 10.3. The van der Waals surface area contributed by atoms with Crippen molar-refractivity contribution in [1.29, 1.82) is 0 Å². The van der Waals surface area contributed by atoms with Gasteiger partial charge in [-0.3, -0.25) is 0 Å². The van der Waals surface area contributed by atoms with E-state index >= 15 is 0 Å². The number of aromatic nitrogens is 2. The second-order valence-corrected chi connectivity index (χ2v) is 4.07. The third kappa shape index (κ3) is 2.84. The van der Waals surface area contributed by atoms with E-state index in [-0.39, 0.29) is 0 Å². The molecule has 0 aliphatic rings. The first kappa shape index (κ1) is 12.5. The Bertz CT molecular complexity index is 484. The molecule has 0 unspecified atom stereocenters. The molecule has 2 rings (SSSR count). The van der Waals surface area contributed by atoms with Crippen LogP contribution in [0, 0.1) is 0 Å². The zero-order valence-corrected chi connectivity index (χ0v) is 10.6. The molecule has 94 valence electrons. The minimum absolute atomic E-state index is 0.564. The van der Waals surface area contributed by atoms with Gasteiger partial charge in [-0.05, 0) is 30.2 Å². The van der Waals surface area contributed by atoms with Crippen LogP contribution in [0.1, 0.15) is 18.1 Å². The Hall–Kier alpha value is -1.94. The number of hydrogen-bond acceptors (Lipinski definition) is 4. The van der Waals surface area contributed by atoms with E-state index in [1.54, 1.807) is 6.20 Å². The molecule has 18 heavy (non-hydrogen) atoms. The molecule has 4 heteroatoms. The molecule has 0 radical (unpaired) electrons. The summed E-state index contributed by atoms with van der Waals surface area (Å²) in [6.07, 6.45) is 1.69. The van der Waals surface area contributed by atoms with Gasteiger partial charge in [-0.2, -0.15) is 5.10 Å². The van der Waals surface area contributed by atoms with Crippen LogP contribution in [0.3, 0.4) is 0 Å². The fourth-order valence-electron chi connectivity index (χ4n) is 1.93. The smallest absolute Gasteiger partial charge is 0.151 e. The summed E-state index contributed by atoms with van der Waals surface area (Å²) in [6, 6.07) is 12.1. The molecule has 1 heterocycles. The van der Waals surface area contributed by atoms with E-state index in [9.17, 15) is 0 Å². The quantitative estimate of drug-likeness (QED) is 0.870. The van der Waals surface area contributed by atoms with Crippen molar-refractivity contribution in [2.75, 3.05) is 11.4 Å². The summed E-state index contributed by atoms with van der Waals surface area (Å²) in [5.74, 6) is 0.895. The van der Waals surface area contributed by atoms with Crippen molar-refractivity contribution in [1.82, 2.24) is 10.2 Å². The summed E-state index contributed by atoms with van der Waals surface area (Å²) in [5, 5.41) is 8.07. The van der Waals surface area contributed by atoms with E-state index in [4.69, 9.17) is 5.73 Å². The molecule has 0 aliphatic heterocycles. The highest BCUT2D eigenvalue weighted by atomic mass is 15.2. The standard InChI is InChI=1S/C14H18N4/c1-2-18(14-8-5-9-16-17-14)11-13-7-4-3-6-12(13)10-15/h3-9H,2,10-11,15H2,1H3. The first-order valence-corrected chi connectivity index (χ1v) is 6.14. The van der Waals surface area contributed by atoms with Gasteiger partial charge >= 0.3 is 0 Å². The van der Waals surface area contributed by atoms with Crippen molar-refractivity contribution in [3.63, 3.8) is 0 Å². The van der Waals surface area contributed by atoms with E-state index in [0.717, 1.165) is 18.9 Å². The van der Waals surface area contributed by atoms with Gasteiger partial charge in [0, 0.05) is 25.8 Å². The Balaban J connectivity index is 2.21. The lowest BCUT2D eigenvalue weighted by atomic mass is 10.1. The number of hydrogen-bond donors (Lipinski definition) is 1. The van der Waals surface area contributed by atoms with Gasteiger partial charge in [0.1, 0.15) is 0 Å². The van der Waals surface area contributed by atoms with Gasteiger partial charge in [0.25, 0.3) is 0 Å². The van der Waals surface area contributed by atoms with E-state index in [0.29, 0.717) is 6.54 Å². The highest BCUT2D eigenvalue weighted by molar-refractivity contribution is 5.39. The fraction of sp³-hybridized carbons (Fsp3) is 0.286. The molecule has 0 atom stereocenters. The van der Waals surface area contributed by atoms with Crippen molar-refractivity contribution in [2.24, 2.45) is 5.73 Å². The predicted molar refractivity (Wildman–Crippen MR) is 73.1 cm³/mol. The summed E-state index contributed by atoms with van der Waals surface area (Å²) in [4.78, 5) is 2.18. The minimum Gasteiger partial charge on any atom is -0.351 e. The topological polar surface area (TPSA) is 55.0 Å². The predicted octanol–water partition coefficient (Wildman–Crippen LogP) is 1.96. The zero-order chi connectivity index (χ0) is 12.8. The molecule has 0 spiro atoms. The van der Waals surface area contributed by atoms with Crippen molar-refractivity contribution in [3.05, 3.63) is 53.7 Å². The highest BCUT2D eigenvalue weighted by Crippen LogP contribution is 2.15. The van der Waals surface area contributed by atoms with Crippen LogP contribution >= 0.6 is 0 Å². The summed E-state index contributed by atoms with van der Waals surface area (Å²) < 4.78 is 0. The molecule has 4 nitrogen and oxygen atoms in total. The number of benzene rings is 1. The third-order valence-electron chi connectivity index (χ3n) is 2.96. The van der Waals surface area contributed by atoms with Crippen LogP contribution < -0.4 is 10.6 Å². The van der Waals surface area contributed by atoms with E-state index in [1.165, 1.54) is 11.1 Å². The number of nitrogens with two attached hydrogens (primary N) is 1. The van der Waals surface area contributed by atoms with E-state index in [2.05, 4.69) is 34.2 Å². The molecule has 0 bridgehead atoms. The van der Waals surface area contributed by atoms with Crippen molar-refractivity contribution >= 4 is 5.82 Å². The molecule has 2 aromatic rings. The molecule has 0 amide bonds. The molecular weight excluding hydrogens is 224 g/mol. The summed E-state index contributed by atoms with van der Waals surface area (Å²) in [6.45, 7) is 4.37. The Kier molecular flexibility index (Phi) is 4.25. The SMILES string of the molecule is CCN(Cc1ccccc1CN)c1cccnn1. The summed E-state index contributed by atoms with van der Waals surface area (Å²) in [7, 11) is 0. The van der Waals surface area contributed by atoms with Crippen LogP contribution in [0.25, 0.3) is 0 Å². The van der Waals surface area contributed by atoms with Gasteiger partial charge in [0.15, 0.2) is 5.82 Å². The Labute approximate surface area is 107 Å². The lowest BCUT2D eigenvalue weighted by Gasteiger charge is -2.22. The molecule has 0 fully saturated rings. The van der Waals surface area contributed by atoms with E-state index < -0.39 is 0 Å². The molecule has 1 aromatic heterocycles. The summed E-state index contributed by atoms with van der Waals surface area (Å²) >= 11 is 0. The molecule has 0 saturated heterocycles. The van der Waals surface area contributed by atoms with Crippen LogP contribution in [0.15, 0.2) is 42.6 Å². The lowest BCUT2D eigenvalue weighted by molar-refractivity contribution is 0.787. The van der Waals surface area contributed by atoms with Gasteiger partial charge in [-0.1, -0.05) is 24.3 Å². The van der Waals surface area contributed by atoms with Crippen LogP contribution in [0.4, 0.5) is 5.82 Å². The minimum atomic E-state index is 0.564. The van der Waals surface area contributed by atoms with Crippen LogP contribution in [0.5, 0.6) is 0 Å². The van der Waals surface area contributed by atoms with Crippen molar-refractivity contribution in [2.45, 2.75) is 20.0 Å². The Morgan fingerprint density at radius 3 is 2.50 bits per heavy atom. The molecule has 0 aliphatic carbocycles. The summed E-state index contributed by atoms with van der Waals surface area (Å²) in [5.41, 5.74) is 8.18. The van der Waals surface area contributed by atoms with Gasteiger partial charge in [-0.25, -0.2) is 0 Å².